The van der Waals surface area contributed by atoms with Crippen LogP contribution in [0.4, 0.5) is 13.6 Å². The van der Waals surface area contributed by atoms with Crippen molar-refractivity contribution in [3.05, 3.63) is 56.5 Å². The summed E-state index contributed by atoms with van der Waals surface area (Å²) >= 11 is 0.757. The van der Waals surface area contributed by atoms with Gasteiger partial charge in [0, 0.05) is 24.0 Å². The molecule has 1 amide bonds. The summed E-state index contributed by atoms with van der Waals surface area (Å²) in [7, 11) is 1.53. The van der Waals surface area contributed by atoms with E-state index in [9.17, 15) is 23.2 Å². The minimum Gasteiger partial charge on any atom is -0.325 e. The standard InChI is InChI=1S/C22H19F2N5O3S/c1-27(22(32)33-14-8-9-15(23)16(24)11-14)10-2-3-17-25-18-19(26-17)28(12-4-5-12)21(31)29(20(18)30)13-6-7-13/h8-9,11-13H,4-7,10H2,1H3,(H,25,26). The minimum atomic E-state index is -1.02. The SMILES string of the molecule is CN(CC#Cc1nc2c([nH]1)c(=O)n(C1CC1)c(=O)n2C1CC1)C(=O)Sc1ccc(F)c(F)c1. The zero-order chi connectivity index (χ0) is 23.3. The van der Waals surface area contributed by atoms with Crippen LogP contribution >= 0.6 is 11.8 Å². The summed E-state index contributed by atoms with van der Waals surface area (Å²) < 4.78 is 29.3. The van der Waals surface area contributed by atoms with Crippen LogP contribution in [0.25, 0.3) is 11.2 Å². The topological polar surface area (TPSA) is 93.0 Å². The Kier molecular flexibility index (Phi) is 5.32. The molecule has 2 saturated carbocycles. The van der Waals surface area contributed by atoms with Gasteiger partial charge in [0.15, 0.2) is 28.6 Å². The highest BCUT2D eigenvalue weighted by atomic mass is 32.2. The molecule has 2 heterocycles. The van der Waals surface area contributed by atoms with Crippen LogP contribution < -0.4 is 11.2 Å². The normalized spacial score (nSPS) is 15.4. The maximum absolute atomic E-state index is 13.3. The molecule has 2 aliphatic carbocycles. The molecule has 170 valence electrons. The lowest BCUT2D eigenvalue weighted by Crippen LogP contribution is -2.39. The molecule has 0 bridgehead atoms. The summed E-state index contributed by atoms with van der Waals surface area (Å²) in [5.74, 6) is 3.85. The van der Waals surface area contributed by atoms with E-state index in [4.69, 9.17) is 0 Å². The Bertz CT molecular complexity index is 1460. The average Bonchev–Trinajstić information content (AvgIpc) is 3.70. The van der Waals surface area contributed by atoms with E-state index in [2.05, 4.69) is 21.8 Å². The first kappa shape index (κ1) is 21.5. The summed E-state index contributed by atoms with van der Waals surface area (Å²) in [5, 5.41) is -0.394. The third-order valence-electron chi connectivity index (χ3n) is 5.51. The molecule has 2 fully saturated rings. The lowest BCUT2D eigenvalue weighted by molar-refractivity contribution is 0.238. The monoisotopic (exact) mass is 471 g/mol. The van der Waals surface area contributed by atoms with Crippen LogP contribution in [0.15, 0.2) is 32.7 Å². The van der Waals surface area contributed by atoms with Crippen molar-refractivity contribution in [2.45, 2.75) is 42.7 Å². The van der Waals surface area contributed by atoms with E-state index in [1.165, 1.54) is 22.6 Å². The number of H-pyrrole nitrogens is 1. The molecule has 0 aliphatic heterocycles. The number of imidazole rings is 1. The number of hydrogen-bond acceptors (Lipinski definition) is 5. The van der Waals surface area contributed by atoms with Gasteiger partial charge in [-0.3, -0.25) is 18.7 Å². The molecule has 2 aliphatic rings. The third kappa shape index (κ3) is 4.18. The number of thioether (sulfide) groups is 1. The first-order valence-electron chi connectivity index (χ1n) is 10.5. The van der Waals surface area contributed by atoms with Crippen molar-refractivity contribution >= 4 is 28.2 Å². The lowest BCUT2D eigenvalue weighted by Gasteiger charge is -2.12. The second-order valence-electron chi connectivity index (χ2n) is 8.18. The van der Waals surface area contributed by atoms with E-state index in [0.717, 1.165) is 49.6 Å². The fourth-order valence-corrected chi connectivity index (χ4v) is 4.22. The predicted octanol–water partition coefficient (Wildman–Crippen LogP) is 3.03. The van der Waals surface area contributed by atoms with Gasteiger partial charge in [-0.15, -0.1) is 0 Å². The summed E-state index contributed by atoms with van der Waals surface area (Å²) in [5.41, 5.74) is -0.128. The quantitative estimate of drug-likeness (QED) is 0.467. The van der Waals surface area contributed by atoms with Crippen molar-refractivity contribution in [1.82, 2.24) is 24.0 Å². The zero-order valence-corrected chi connectivity index (χ0v) is 18.4. The minimum absolute atomic E-state index is 0.0480. The van der Waals surface area contributed by atoms with Gasteiger partial charge >= 0.3 is 5.69 Å². The molecular formula is C22H19F2N5O3S. The van der Waals surface area contributed by atoms with E-state index in [0.29, 0.717) is 5.65 Å². The fraction of sp³-hybridized carbons (Fsp3) is 0.364. The maximum atomic E-state index is 13.3. The smallest absolute Gasteiger partial charge is 0.325 e. The molecule has 0 atom stereocenters. The molecule has 1 aromatic carbocycles. The Morgan fingerprint density at radius 2 is 1.88 bits per heavy atom. The number of nitrogens with one attached hydrogen (secondary N) is 1. The predicted molar refractivity (Wildman–Crippen MR) is 118 cm³/mol. The van der Waals surface area contributed by atoms with Crippen molar-refractivity contribution in [3.63, 3.8) is 0 Å². The van der Waals surface area contributed by atoms with Crippen LogP contribution in [0.3, 0.4) is 0 Å². The summed E-state index contributed by atoms with van der Waals surface area (Å²) in [6, 6.07) is 3.24. The number of carbonyl (C=O) groups excluding carboxylic acids is 1. The Hall–Kier alpha value is -3.39. The molecule has 0 spiro atoms. The van der Waals surface area contributed by atoms with E-state index in [1.807, 2.05) is 0 Å². The molecule has 2 aromatic heterocycles. The van der Waals surface area contributed by atoms with Gasteiger partial charge in [0.2, 0.25) is 0 Å². The first-order valence-corrected chi connectivity index (χ1v) is 11.3. The van der Waals surface area contributed by atoms with Crippen molar-refractivity contribution in [2.75, 3.05) is 13.6 Å². The molecule has 0 unspecified atom stereocenters. The molecule has 0 saturated heterocycles. The highest BCUT2D eigenvalue weighted by Gasteiger charge is 2.34. The molecule has 1 N–H and O–H groups in total. The van der Waals surface area contributed by atoms with Crippen LogP contribution in [0.1, 0.15) is 43.6 Å². The maximum Gasteiger partial charge on any atom is 0.333 e. The Morgan fingerprint density at radius 1 is 1.18 bits per heavy atom. The van der Waals surface area contributed by atoms with Gasteiger partial charge in [-0.2, -0.15) is 0 Å². The van der Waals surface area contributed by atoms with Crippen LogP contribution in [0.5, 0.6) is 0 Å². The molecule has 33 heavy (non-hydrogen) atoms. The van der Waals surface area contributed by atoms with Crippen molar-refractivity contribution in [3.8, 4) is 11.8 Å². The number of amides is 1. The first-order chi connectivity index (χ1) is 15.8. The number of halogens is 2. The molecule has 8 nitrogen and oxygen atoms in total. The van der Waals surface area contributed by atoms with E-state index in [-0.39, 0.29) is 46.1 Å². The molecule has 3 aromatic rings. The summed E-state index contributed by atoms with van der Waals surface area (Å²) in [6.45, 7) is 0.0499. The summed E-state index contributed by atoms with van der Waals surface area (Å²) in [4.78, 5) is 47.0. The third-order valence-corrected chi connectivity index (χ3v) is 6.49. The van der Waals surface area contributed by atoms with Crippen molar-refractivity contribution < 1.29 is 13.6 Å². The molecule has 5 rings (SSSR count). The van der Waals surface area contributed by atoms with E-state index < -0.39 is 16.9 Å². The van der Waals surface area contributed by atoms with Crippen LogP contribution in [-0.2, 0) is 0 Å². The number of nitrogens with zero attached hydrogens (tertiary/aromatic N) is 4. The second-order valence-corrected chi connectivity index (χ2v) is 9.20. The van der Waals surface area contributed by atoms with Gasteiger partial charge in [0.05, 0.1) is 6.54 Å². The Balaban J connectivity index is 1.35. The number of fused-ring (bicyclic) bond motifs is 1. The van der Waals surface area contributed by atoms with E-state index >= 15 is 0 Å². The number of benzene rings is 1. The number of aromatic nitrogens is 4. The fourth-order valence-electron chi connectivity index (χ4n) is 3.50. The summed E-state index contributed by atoms with van der Waals surface area (Å²) in [6.07, 6.45) is 3.37. The van der Waals surface area contributed by atoms with Gasteiger partial charge in [-0.25, -0.2) is 18.6 Å². The highest BCUT2D eigenvalue weighted by molar-refractivity contribution is 8.13. The molecule has 11 heteroatoms. The Morgan fingerprint density at radius 3 is 2.55 bits per heavy atom. The number of carbonyl (C=O) groups is 1. The van der Waals surface area contributed by atoms with Crippen LogP contribution in [-0.4, -0.2) is 42.8 Å². The highest BCUT2D eigenvalue weighted by Crippen LogP contribution is 2.36. The van der Waals surface area contributed by atoms with Gasteiger partial charge in [0.25, 0.3) is 10.8 Å². The molecule has 0 radical (unpaired) electrons. The second kappa shape index (κ2) is 8.19. The van der Waals surface area contributed by atoms with Gasteiger partial charge in [0.1, 0.15) is 0 Å². The van der Waals surface area contributed by atoms with Crippen molar-refractivity contribution in [1.29, 1.82) is 0 Å². The average molecular weight is 471 g/mol. The van der Waals surface area contributed by atoms with E-state index in [1.54, 1.807) is 4.57 Å². The van der Waals surface area contributed by atoms with Crippen LogP contribution in [0.2, 0.25) is 0 Å². The van der Waals surface area contributed by atoms with Gasteiger partial charge < -0.3 is 9.88 Å². The molecular weight excluding hydrogens is 452 g/mol. The van der Waals surface area contributed by atoms with Crippen LogP contribution in [0, 0.1) is 23.5 Å². The number of aromatic amines is 1. The number of hydrogen-bond donors (Lipinski definition) is 1. The zero-order valence-electron chi connectivity index (χ0n) is 17.6. The van der Waals surface area contributed by atoms with Gasteiger partial charge in [-0.1, -0.05) is 5.92 Å². The largest absolute Gasteiger partial charge is 0.333 e. The lowest BCUT2D eigenvalue weighted by atomic mass is 10.3. The van der Waals surface area contributed by atoms with Gasteiger partial charge in [-0.05, 0) is 61.6 Å². The van der Waals surface area contributed by atoms with Crippen molar-refractivity contribution in [2.24, 2.45) is 0 Å². The number of rotatable bonds is 4. The Labute approximate surface area is 190 Å².